The first-order valence-corrected chi connectivity index (χ1v) is 7.80. The molecule has 0 radical (unpaired) electrons. The minimum absolute atomic E-state index is 0.317. The molecule has 3 heteroatoms. The van der Waals surface area contributed by atoms with Crippen LogP contribution < -0.4 is 10.2 Å². The second kappa shape index (κ2) is 6.72. The van der Waals surface area contributed by atoms with Gasteiger partial charge in [-0.1, -0.05) is 18.2 Å². The van der Waals surface area contributed by atoms with E-state index in [2.05, 4.69) is 52.5 Å². The number of rotatable bonds is 5. The first-order chi connectivity index (χ1) is 10.3. The van der Waals surface area contributed by atoms with Gasteiger partial charge in [-0.15, -0.1) is 0 Å². The fraction of sp³-hybridized carbons (Fsp3) is 0.389. The third-order valence-electron chi connectivity index (χ3n) is 4.20. The van der Waals surface area contributed by atoms with Crippen LogP contribution in [0, 0.1) is 0 Å². The molecule has 1 N–H and O–H groups in total. The number of nitrogens with one attached hydrogen (secondary N) is 1. The van der Waals surface area contributed by atoms with Crippen molar-refractivity contribution in [1.29, 1.82) is 0 Å². The molecule has 1 aromatic heterocycles. The molecule has 2 aromatic rings. The van der Waals surface area contributed by atoms with Gasteiger partial charge >= 0.3 is 0 Å². The lowest BCUT2D eigenvalue weighted by Gasteiger charge is -2.18. The van der Waals surface area contributed by atoms with Crippen LogP contribution in [-0.4, -0.2) is 18.1 Å². The summed E-state index contributed by atoms with van der Waals surface area (Å²) in [6, 6.07) is 13.4. The number of hydrogen-bond acceptors (Lipinski definition) is 3. The normalized spacial score (nSPS) is 16.1. The van der Waals surface area contributed by atoms with Crippen LogP contribution in [-0.2, 0) is 6.54 Å². The lowest BCUT2D eigenvalue weighted by Crippen LogP contribution is -2.19. The molecular weight excluding hydrogens is 258 g/mol. The Bertz CT molecular complexity index is 544. The van der Waals surface area contributed by atoms with Gasteiger partial charge in [0.15, 0.2) is 0 Å². The van der Waals surface area contributed by atoms with Crippen LogP contribution in [0.25, 0.3) is 0 Å². The van der Waals surface area contributed by atoms with Crippen LogP contribution in [0.3, 0.4) is 0 Å². The van der Waals surface area contributed by atoms with Gasteiger partial charge in [0.05, 0.1) is 0 Å². The van der Waals surface area contributed by atoms with E-state index in [9.17, 15) is 0 Å². The Morgan fingerprint density at radius 1 is 1.14 bits per heavy atom. The van der Waals surface area contributed by atoms with Crippen LogP contribution in [0.1, 0.15) is 36.9 Å². The minimum Gasteiger partial charge on any atom is -0.372 e. The highest BCUT2D eigenvalue weighted by Gasteiger charge is 2.11. The topological polar surface area (TPSA) is 28.2 Å². The quantitative estimate of drug-likeness (QED) is 0.908. The van der Waals surface area contributed by atoms with Crippen molar-refractivity contribution in [2.75, 3.05) is 18.0 Å². The Morgan fingerprint density at radius 2 is 1.90 bits per heavy atom. The maximum Gasteiger partial charge on any atom is 0.0366 e. The number of nitrogens with zero attached hydrogens (tertiary/aromatic N) is 2. The Balaban J connectivity index is 1.55. The molecule has 0 amide bonds. The van der Waals surface area contributed by atoms with E-state index in [1.807, 2.05) is 18.5 Å². The largest absolute Gasteiger partial charge is 0.372 e. The molecule has 110 valence electrons. The molecule has 0 spiro atoms. The summed E-state index contributed by atoms with van der Waals surface area (Å²) in [5.74, 6) is 0. The van der Waals surface area contributed by atoms with Gasteiger partial charge in [-0.05, 0) is 49.1 Å². The van der Waals surface area contributed by atoms with Gasteiger partial charge in [0.25, 0.3) is 0 Å². The van der Waals surface area contributed by atoms with Crippen molar-refractivity contribution in [2.45, 2.75) is 32.4 Å². The average Bonchev–Trinajstić information content (AvgIpc) is 3.08. The molecule has 1 aliphatic rings. The number of benzene rings is 1. The molecule has 21 heavy (non-hydrogen) atoms. The first-order valence-electron chi connectivity index (χ1n) is 7.80. The molecule has 2 heterocycles. The van der Waals surface area contributed by atoms with Crippen LogP contribution in [0.15, 0.2) is 48.8 Å². The van der Waals surface area contributed by atoms with E-state index in [-0.39, 0.29) is 0 Å². The van der Waals surface area contributed by atoms with Gasteiger partial charge in [0, 0.05) is 43.8 Å². The third-order valence-corrected chi connectivity index (χ3v) is 4.20. The molecule has 0 bridgehead atoms. The summed E-state index contributed by atoms with van der Waals surface area (Å²) in [5, 5.41) is 3.55. The van der Waals surface area contributed by atoms with E-state index in [0.717, 1.165) is 6.54 Å². The second-order valence-electron chi connectivity index (χ2n) is 5.75. The summed E-state index contributed by atoms with van der Waals surface area (Å²) in [6.45, 7) is 5.47. The van der Waals surface area contributed by atoms with Crippen LogP contribution in [0.4, 0.5) is 5.69 Å². The molecule has 3 nitrogen and oxygen atoms in total. The predicted octanol–water partition coefficient (Wildman–Crippen LogP) is 3.53. The highest BCUT2D eigenvalue weighted by molar-refractivity contribution is 5.48. The molecule has 1 saturated heterocycles. The zero-order chi connectivity index (χ0) is 14.5. The van der Waals surface area contributed by atoms with Crippen molar-refractivity contribution in [3.05, 3.63) is 59.9 Å². The summed E-state index contributed by atoms with van der Waals surface area (Å²) < 4.78 is 0. The zero-order valence-electron chi connectivity index (χ0n) is 12.6. The summed E-state index contributed by atoms with van der Waals surface area (Å²) in [5.41, 5.74) is 3.91. The minimum atomic E-state index is 0.317. The molecule has 1 unspecified atom stereocenters. The van der Waals surface area contributed by atoms with Crippen LogP contribution >= 0.6 is 0 Å². The maximum atomic E-state index is 4.17. The molecule has 1 fully saturated rings. The summed E-state index contributed by atoms with van der Waals surface area (Å²) in [7, 11) is 0. The first kappa shape index (κ1) is 14.1. The van der Waals surface area contributed by atoms with E-state index in [1.165, 1.54) is 42.7 Å². The van der Waals surface area contributed by atoms with Gasteiger partial charge in [-0.2, -0.15) is 0 Å². The van der Waals surface area contributed by atoms with Gasteiger partial charge in [-0.3, -0.25) is 4.98 Å². The van der Waals surface area contributed by atoms with Crippen LogP contribution in [0.5, 0.6) is 0 Å². The van der Waals surface area contributed by atoms with E-state index >= 15 is 0 Å². The van der Waals surface area contributed by atoms with Crippen molar-refractivity contribution in [1.82, 2.24) is 10.3 Å². The summed E-state index contributed by atoms with van der Waals surface area (Å²) >= 11 is 0. The predicted molar refractivity (Wildman–Crippen MR) is 87.4 cm³/mol. The van der Waals surface area contributed by atoms with Crippen molar-refractivity contribution in [3.63, 3.8) is 0 Å². The smallest absolute Gasteiger partial charge is 0.0366 e. The van der Waals surface area contributed by atoms with E-state index < -0.39 is 0 Å². The third kappa shape index (κ3) is 3.61. The monoisotopic (exact) mass is 281 g/mol. The highest BCUT2D eigenvalue weighted by atomic mass is 15.1. The summed E-state index contributed by atoms with van der Waals surface area (Å²) in [4.78, 5) is 6.64. The summed E-state index contributed by atoms with van der Waals surface area (Å²) in [6.07, 6.45) is 6.39. The Kier molecular flexibility index (Phi) is 4.51. The standard InChI is InChI=1S/C18H23N3/c1-15(17-5-4-10-19-14-17)20-13-16-6-8-18(9-7-16)21-11-2-3-12-21/h4-10,14-15,20H,2-3,11-13H2,1H3. The fourth-order valence-electron chi connectivity index (χ4n) is 2.82. The SMILES string of the molecule is CC(NCc1ccc(N2CCCC2)cc1)c1cccnc1. The van der Waals surface area contributed by atoms with E-state index in [0.29, 0.717) is 6.04 Å². The van der Waals surface area contributed by atoms with E-state index in [1.54, 1.807) is 0 Å². The fourth-order valence-corrected chi connectivity index (χ4v) is 2.82. The zero-order valence-corrected chi connectivity index (χ0v) is 12.6. The highest BCUT2D eigenvalue weighted by Crippen LogP contribution is 2.20. The van der Waals surface area contributed by atoms with Crippen molar-refractivity contribution >= 4 is 5.69 Å². The molecule has 0 saturated carbocycles. The van der Waals surface area contributed by atoms with Gasteiger partial charge in [0.2, 0.25) is 0 Å². The Morgan fingerprint density at radius 3 is 2.57 bits per heavy atom. The Hall–Kier alpha value is -1.87. The van der Waals surface area contributed by atoms with Crippen LogP contribution in [0.2, 0.25) is 0 Å². The lowest BCUT2D eigenvalue weighted by atomic mass is 10.1. The molecule has 1 aliphatic heterocycles. The molecule has 1 aromatic carbocycles. The number of anilines is 1. The Labute approximate surface area is 127 Å². The number of hydrogen-bond donors (Lipinski definition) is 1. The molecular formula is C18H23N3. The molecule has 3 rings (SSSR count). The average molecular weight is 281 g/mol. The molecule has 0 aliphatic carbocycles. The van der Waals surface area contributed by atoms with Crippen molar-refractivity contribution in [2.24, 2.45) is 0 Å². The van der Waals surface area contributed by atoms with Crippen molar-refractivity contribution < 1.29 is 0 Å². The second-order valence-corrected chi connectivity index (χ2v) is 5.75. The maximum absolute atomic E-state index is 4.17. The van der Waals surface area contributed by atoms with E-state index in [4.69, 9.17) is 0 Å². The van der Waals surface area contributed by atoms with Crippen molar-refractivity contribution in [3.8, 4) is 0 Å². The molecule has 1 atom stereocenters. The number of pyridine rings is 1. The van der Waals surface area contributed by atoms with Gasteiger partial charge in [-0.25, -0.2) is 0 Å². The van der Waals surface area contributed by atoms with Gasteiger partial charge < -0.3 is 10.2 Å². The number of aromatic nitrogens is 1. The van der Waals surface area contributed by atoms with Gasteiger partial charge in [0.1, 0.15) is 0 Å². The lowest BCUT2D eigenvalue weighted by molar-refractivity contribution is 0.573.